The summed E-state index contributed by atoms with van der Waals surface area (Å²) in [5.74, 6) is 0.326. The van der Waals surface area contributed by atoms with Crippen molar-refractivity contribution in [3.63, 3.8) is 0 Å². The van der Waals surface area contributed by atoms with E-state index in [9.17, 15) is 9.59 Å². The molecule has 1 aliphatic heterocycles. The minimum Gasteiger partial charge on any atom is -0.336 e. The van der Waals surface area contributed by atoms with E-state index in [-0.39, 0.29) is 17.7 Å². The van der Waals surface area contributed by atoms with Crippen LogP contribution in [0.15, 0.2) is 60.7 Å². The number of rotatable bonds is 6. The van der Waals surface area contributed by atoms with Crippen molar-refractivity contribution in [3.05, 3.63) is 71.8 Å². The van der Waals surface area contributed by atoms with Crippen LogP contribution in [0.4, 0.5) is 0 Å². The summed E-state index contributed by atoms with van der Waals surface area (Å²) in [6.07, 6.45) is 6.73. The average molecular weight is 349 g/mol. The van der Waals surface area contributed by atoms with Crippen molar-refractivity contribution in [2.45, 2.75) is 51.0 Å². The summed E-state index contributed by atoms with van der Waals surface area (Å²) in [4.78, 5) is 27.3. The average Bonchev–Trinajstić information content (AvgIpc) is 2.94. The van der Waals surface area contributed by atoms with Crippen molar-refractivity contribution in [1.82, 2.24) is 4.90 Å². The van der Waals surface area contributed by atoms with E-state index in [2.05, 4.69) is 4.90 Å². The third kappa shape index (κ3) is 4.81. The number of benzene rings is 2. The van der Waals surface area contributed by atoms with Gasteiger partial charge in [-0.2, -0.15) is 0 Å². The van der Waals surface area contributed by atoms with Gasteiger partial charge in [0.1, 0.15) is 0 Å². The number of carbonyl (C=O) groups excluding carboxylic acids is 2. The summed E-state index contributed by atoms with van der Waals surface area (Å²) in [7, 11) is 0. The van der Waals surface area contributed by atoms with Crippen LogP contribution in [0.2, 0.25) is 0 Å². The fraction of sp³-hybridized carbons (Fsp3) is 0.391. The molecule has 1 heterocycles. The molecule has 0 radical (unpaired) electrons. The molecule has 26 heavy (non-hydrogen) atoms. The highest BCUT2D eigenvalue weighted by Crippen LogP contribution is 2.23. The molecule has 3 nitrogen and oxygen atoms in total. The second-order valence-corrected chi connectivity index (χ2v) is 7.05. The van der Waals surface area contributed by atoms with E-state index in [0.717, 1.165) is 49.8 Å². The Bertz CT molecular complexity index is 712. The maximum absolute atomic E-state index is 12.9. The maximum Gasteiger partial charge on any atom is 0.254 e. The smallest absolute Gasteiger partial charge is 0.254 e. The second kappa shape index (κ2) is 9.33. The van der Waals surface area contributed by atoms with Gasteiger partial charge < -0.3 is 4.90 Å². The van der Waals surface area contributed by atoms with Gasteiger partial charge in [-0.05, 0) is 37.8 Å². The lowest BCUT2D eigenvalue weighted by atomic mass is 9.99. The van der Waals surface area contributed by atoms with Crippen LogP contribution in [0.3, 0.4) is 0 Å². The summed E-state index contributed by atoms with van der Waals surface area (Å²) >= 11 is 0. The van der Waals surface area contributed by atoms with Gasteiger partial charge in [0.05, 0.1) is 0 Å². The first-order valence-electron chi connectivity index (χ1n) is 9.70. The van der Waals surface area contributed by atoms with Crippen LogP contribution in [0, 0.1) is 0 Å². The van der Waals surface area contributed by atoms with Gasteiger partial charge in [-0.25, -0.2) is 0 Å². The largest absolute Gasteiger partial charge is 0.336 e. The molecular formula is C23H27NO2. The molecule has 0 spiro atoms. The van der Waals surface area contributed by atoms with E-state index < -0.39 is 0 Å². The zero-order valence-corrected chi connectivity index (χ0v) is 15.3. The number of amides is 1. The number of hydrogen-bond acceptors (Lipinski definition) is 2. The van der Waals surface area contributed by atoms with Gasteiger partial charge in [-0.3, -0.25) is 9.59 Å². The Kier molecular flexibility index (Phi) is 6.59. The molecule has 136 valence electrons. The number of hydrogen-bond donors (Lipinski definition) is 0. The van der Waals surface area contributed by atoms with Gasteiger partial charge in [-0.1, -0.05) is 61.4 Å². The molecule has 0 aliphatic carbocycles. The monoisotopic (exact) mass is 349 g/mol. The Balaban J connectivity index is 1.60. The minimum absolute atomic E-state index is 0.131. The number of carbonyl (C=O) groups is 2. The molecule has 1 aliphatic rings. The fourth-order valence-electron chi connectivity index (χ4n) is 3.76. The first-order chi connectivity index (χ1) is 12.8. The Morgan fingerprint density at radius 2 is 1.50 bits per heavy atom. The molecule has 0 bridgehead atoms. The molecule has 0 aromatic heterocycles. The Labute approximate surface area is 156 Å². The quantitative estimate of drug-likeness (QED) is 0.678. The molecule has 2 aromatic carbocycles. The van der Waals surface area contributed by atoms with Crippen molar-refractivity contribution < 1.29 is 9.59 Å². The van der Waals surface area contributed by atoms with Crippen molar-refractivity contribution in [2.75, 3.05) is 6.54 Å². The summed E-state index contributed by atoms with van der Waals surface area (Å²) < 4.78 is 0. The van der Waals surface area contributed by atoms with Crippen LogP contribution >= 0.6 is 0 Å². The molecule has 3 heteroatoms. The number of nitrogens with zero attached hydrogens (tertiary/aromatic N) is 1. The second-order valence-electron chi connectivity index (χ2n) is 7.05. The van der Waals surface area contributed by atoms with Gasteiger partial charge in [0.2, 0.25) is 0 Å². The summed E-state index contributed by atoms with van der Waals surface area (Å²) in [6, 6.07) is 19.3. The van der Waals surface area contributed by atoms with E-state index in [1.54, 1.807) is 0 Å². The zero-order chi connectivity index (χ0) is 18.2. The molecule has 3 rings (SSSR count). The highest BCUT2D eigenvalue weighted by Gasteiger charge is 2.26. The number of Topliss-reactive ketones (excluding diaryl/α,β-unsaturated/α-hetero) is 1. The van der Waals surface area contributed by atoms with Crippen LogP contribution in [0.5, 0.6) is 0 Å². The highest BCUT2D eigenvalue weighted by atomic mass is 16.2. The van der Waals surface area contributed by atoms with E-state index >= 15 is 0 Å². The van der Waals surface area contributed by atoms with E-state index in [0.29, 0.717) is 6.42 Å². The zero-order valence-electron chi connectivity index (χ0n) is 15.3. The lowest BCUT2D eigenvalue weighted by Gasteiger charge is -2.30. The topological polar surface area (TPSA) is 37.4 Å². The summed E-state index contributed by atoms with van der Waals surface area (Å²) in [6.45, 7) is 0.824. The SMILES string of the molecule is O=C(CCC[C@@H]1CCCCCN1C(=O)c1ccccc1)c1ccccc1. The van der Waals surface area contributed by atoms with E-state index in [1.165, 1.54) is 6.42 Å². The molecule has 1 saturated heterocycles. The predicted molar refractivity (Wildman–Crippen MR) is 104 cm³/mol. The van der Waals surface area contributed by atoms with Crippen molar-refractivity contribution in [1.29, 1.82) is 0 Å². The first kappa shape index (κ1) is 18.4. The Morgan fingerprint density at radius 1 is 0.846 bits per heavy atom. The Morgan fingerprint density at radius 3 is 2.19 bits per heavy atom. The fourth-order valence-corrected chi connectivity index (χ4v) is 3.76. The predicted octanol–water partition coefficient (Wildman–Crippen LogP) is 5.12. The van der Waals surface area contributed by atoms with Crippen molar-refractivity contribution in [2.24, 2.45) is 0 Å². The first-order valence-corrected chi connectivity index (χ1v) is 9.70. The maximum atomic E-state index is 12.9. The van der Waals surface area contributed by atoms with Gasteiger partial charge in [0.25, 0.3) is 5.91 Å². The van der Waals surface area contributed by atoms with E-state index in [4.69, 9.17) is 0 Å². The molecule has 1 fully saturated rings. The van der Waals surface area contributed by atoms with Crippen LogP contribution < -0.4 is 0 Å². The lowest BCUT2D eigenvalue weighted by molar-refractivity contribution is 0.0671. The van der Waals surface area contributed by atoms with Gasteiger partial charge in [-0.15, -0.1) is 0 Å². The van der Waals surface area contributed by atoms with Crippen LogP contribution in [0.1, 0.15) is 65.7 Å². The van der Waals surface area contributed by atoms with Crippen LogP contribution in [0.25, 0.3) is 0 Å². The third-order valence-electron chi connectivity index (χ3n) is 5.20. The molecule has 0 N–H and O–H groups in total. The number of likely N-dealkylation sites (tertiary alicyclic amines) is 1. The summed E-state index contributed by atoms with van der Waals surface area (Å²) in [5.41, 5.74) is 1.55. The van der Waals surface area contributed by atoms with Gasteiger partial charge in [0.15, 0.2) is 5.78 Å². The van der Waals surface area contributed by atoms with Crippen LogP contribution in [-0.2, 0) is 0 Å². The normalized spacial score (nSPS) is 17.5. The standard InChI is InChI=1S/C23H27NO2/c25-22(19-11-4-1-5-12-19)17-10-16-21-15-8-3-9-18-24(21)23(26)20-13-6-2-7-14-20/h1-2,4-7,11-14,21H,3,8-10,15-18H2/t21-/m0/s1. The van der Waals surface area contributed by atoms with Crippen molar-refractivity contribution >= 4 is 11.7 Å². The van der Waals surface area contributed by atoms with Gasteiger partial charge >= 0.3 is 0 Å². The Hall–Kier alpha value is -2.42. The van der Waals surface area contributed by atoms with Gasteiger partial charge in [0, 0.05) is 30.1 Å². The molecule has 0 saturated carbocycles. The third-order valence-corrected chi connectivity index (χ3v) is 5.20. The molecule has 1 amide bonds. The number of ketones is 1. The molecular weight excluding hydrogens is 322 g/mol. The van der Waals surface area contributed by atoms with Crippen molar-refractivity contribution in [3.8, 4) is 0 Å². The minimum atomic E-state index is 0.131. The van der Waals surface area contributed by atoms with E-state index in [1.807, 2.05) is 60.7 Å². The van der Waals surface area contributed by atoms with Crippen LogP contribution in [-0.4, -0.2) is 29.2 Å². The lowest BCUT2D eigenvalue weighted by Crippen LogP contribution is -2.40. The molecule has 2 aromatic rings. The summed E-state index contributed by atoms with van der Waals surface area (Å²) in [5, 5.41) is 0. The molecule has 1 atom stereocenters. The molecule has 0 unspecified atom stereocenters. The highest BCUT2D eigenvalue weighted by molar-refractivity contribution is 5.96.